The van der Waals surface area contributed by atoms with Crippen LogP contribution in [0.5, 0.6) is 0 Å². The summed E-state index contributed by atoms with van der Waals surface area (Å²) in [6.07, 6.45) is 0. The van der Waals surface area contributed by atoms with Crippen LogP contribution >= 0.6 is 0 Å². The standard InChI is InChI=1S/C64H40N2O4/c1-37-11-3-7-15-53(37)65(45-23-25-57-49(35-45)47-13-5-9-17-55(47)67-57)43-21-19-39-31-51-61(33-41(39)29-43)69-59-27-28-60-64(63(51)59)52-32-40-20-22-44(30-42(40)34-62(52)70-60)66(54-16-8-4-12-38(54)2)46-24-26-58-50(36-46)48-14-6-10-18-56(48)68-58/h3-36H,1-2H3. The third kappa shape index (κ3) is 5.80. The minimum absolute atomic E-state index is 0.828. The number of aryl methyl sites for hydroxylation is 2. The molecule has 0 fully saturated rings. The van der Waals surface area contributed by atoms with E-state index < -0.39 is 0 Å². The monoisotopic (exact) mass is 900 g/mol. The molecule has 330 valence electrons. The first-order chi connectivity index (χ1) is 34.5. The average Bonchev–Trinajstić information content (AvgIpc) is 4.15. The second kappa shape index (κ2) is 14.6. The van der Waals surface area contributed by atoms with Crippen LogP contribution in [-0.4, -0.2) is 0 Å². The molecule has 0 N–H and O–H groups in total. The summed E-state index contributed by atoms with van der Waals surface area (Å²) in [7, 11) is 0. The van der Waals surface area contributed by atoms with Gasteiger partial charge in [0.1, 0.15) is 44.7 Å². The number of fused-ring (bicyclic) bond motifs is 15. The summed E-state index contributed by atoms with van der Waals surface area (Å²) in [6.45, 7) is 4.33. The molecule has 0 amide bonds. The lowest BCUT2D eigenvalue weighted by atomic mass is 10.00. The molecule has 4 heterocycles. The molecule has 0 atom stereocenters. The first-order valence-corrected chi connectivity index (χ1v) is 23.7. The Morgan fingerprint density at radius 3 is 1.10 bits per heavy atom. The lowest BCUT2D eigenvalue weighted by molar-refractivity contribution is 0.663. The van der Waals surface area contributed by atoms with Gasteiger partial charge in [-0.2, -0.15) is 0 Å². The molecule has 15 rings (SSSR count). The topological polar surface area (TPSA) is 59.0 Å². The molecule has 11 aromatic carbocycles. The van der Waals surface area contributed by atoms with Crippen molar-refractivity contribution < 1.29 is 17.7 Å². The average molecular weight is 901 g/mol. The Hall–Kier alpha value is -9.26. The van der Waals surface area contributed by atoms with Gasteiger partial charge in [-0.1, -0.05) is 84.9 Å². The second-order valence-corrected chi connectivity index (χ2v) is 18.6. The highest BCUT2D eigenvalue weighted by atomic mass is 16.3. The van der Waals surface area contributed by atoms with Gasteiger partial charge < -0.3 is 27.5 Å². The molecule has 0 saturated carbocycles. The van der Waals surface area contributed by atoms with Crippen molar-refractivity contribution in [2.24, 2.45) is 0 Å². The highest BCUT2D eigenvalue weighted by Gasteiger charge is 2.22. The van der Waals surface area contributed by atoms with Gasteiger partial charge in [-0.05, 0) is 168 Å². The van der Waals surface area contributed by atoms with E-state index in [1.807, 2.05) is 36.4 Å². The van der Waals surface area contributed by atoms with Gasteiger partial charge in [-0.25, -0.2) is 0 Å². The highest BCUT2D eigenvalue weighted by Crippen LogP contribution is 2.46. The number of furan rings is 4. The highest BCUT2D eigenvalue weighted by molar-refractivity contribution is 6.28. The van der Waals surface area contributed by atoms with Crippen LogP contribution in [0.15, 0.2) is 224 Å². The molecule has 6 heteroatoms. The van der Waals surface area contributed by atoms with Gasteiger partial charge in [-0.15, -0.1) is 0 Å². The Kier molecular flexibility index (Phi) is 8.10. The van der Waals surface area contributed by atoms with Crippen molar-refractivity contribution in [2.75, 3.05) is 9.80 Å². The summed E-state index contributed by atoms with van der Waals surface area (Å²) in [5.41, 5.74) is 15.6. The molecule has 70 heavy (non-hydrogen) atoms. The Labute approximate surface area is 400 Å². The maximum Gasteiger partial charge on any atom is 0.136 e. The minimum atomic E-state index is 0.828. The van der Waals surface area contributed by atoms with Gasteiger partial charge in [0.25, 0.3) is 0 Å². The van der Waals surface area contributed by atoms with Crippen LogP contribution in [0, 0.1) is 13.8 Å². The van der Waals surface area contributed by atoms with Crippen LogP contribution in [0.1, 0.15) is 11.1 Å². The molecule has 0 aliphatic carbocycles. The van der Waals surface area contributed by atoms with Crippen molar-refractivity contribution >= 4 is 143 Å². The normalized spacial score (nSPS) is 12.1. The number of anilines is 6. The minimum Gasteiger partial charge on any atom is -0.456 e. The zero-order valence-electron chi connectivity index (χ0n) is 38.2. The Morgan fingerprint density at radius 2 is 0.629 bits per heavy atom. The summed E-state index contributed by atoms with van der Waals surface area (Å²) < 4.78 is 26.0. The second-order valence-electron chi connectivity index (χ2n) is 18.6. The number of rotatable bonds is 6. The number of hydrogen-bond acceptors (Lipinski definition) is 6. The van der Waals surface area contributed by atoms with E-state index in [4.69, 9.17) is 17.7 Å². The molecule has 0 saturated heterocycles. The predicted molar refractivity (Wildman–Crippen MR) is 289 cm³/mol. The molecule has 6 nitrogen and oxygen atoms in total. The predicted octanol–water partition coefficient (Wildman–Crippen LogP) is 19.1. The van der Waals surface area contributed by atoms with Crippen LogP contribution in [0.25, 0.3) is 109 Å². The Bertz CT molecular complexity index is 4370. The van der Waals surface area contributed by atoms with E-state index in [9.17, 15) is 0 Å². The SMILES string of the molecule is Cc1ccccc1N(c1ccc2cc3c(cc2c1)oc1ccc2oc4cc5cc(N(c6ccc7oc8ccccc8c7c6)c6ccccc6C)ccc5cc4c2c13)c1ccc2oc3ccccc3c2c1. The Balaban J connectivity index is 0.857. The van der Waals surface area contributed by atoms with Crippen LogP contribution < -0.4 is 9.80 Å². The van der Waals surface area contributed by atoms with E-state index in [0.717, 1.165) is 143 Å². The first-order valence-electron chi connectivity index (χ1n) is 23.7. The number of benzene rings is 11. The lowest BCUT2D eigenvalue weighted by Crippen LogP contribution is -2.11. The summed E-state index contributed by atoms with van der Waals surface area (Å²) in [4.78, 5) is 4.68. The van der Waals surface area contributed by atoms with Crippen molar-refractivity contribution in [3.8, 4) is 0 Å². The third-order valence-corrected chi connectivity index (χ3v) is 14.4. The molecule has 15 aromatic rings. The van der Waals surface area contributed by atoms with E-state index >= 15 is 0 Å². The van der Waals surface area contributed by atoms with Gasteiger partial charge in [-0.3, -0.25) is 0 Å². The van der Waals surface area contributed by atoms with Crippen molar-refractivity contribution in [2.45, 2.75) is 13.8 Å². The zero-order chi connectivity index (χ0) is 46.2. The van der Waals surface area contributed by atoms with Crippen molar-refractivity contribution in [1.29, 1.82) is 0 Å². The van der Waals surface area contributed by atoms with E-state index in [2.05, 4.69) is 194 Å². The summed E-state index contributed by atoms with van der Waals surface area (Å²) in [5, 5.41) is 13.0. The van der Waals surface area contributed by atoms with Crippen molar-refractivity contribution in [3.05, 3.63) is 217 Å². The molecular weight excluding hydrogens is 861 g/mol. The third-order valence-electron chi connectivity index (χ3n) is 14.4. The fourth-order valence-corrected chi connectivity index (χ4v) is 11.1. The van der Waals surface area contributed by atoms with Crippen molar-refractivity contribution in [3.63, 3.8) is 0 Å². The molecule has 0 bridgehead atoms. The van der Waals surface area contributed by atoms with Gasteiger partial charge in [0, 0.05) is 77.2 Å². The fraction of sp³-hybridized carbons (Fsp3) is 0.0312. The van der Waals surface area contributed by atoms with E-state index in [1.165, 1.54) is 11.1 Å². The number of hydrogen-bond donors (Lipinski definition) is 0. The molecule has 0 aliphatic heterocycles. The van der Waals surface area contributed by atoms with Gasteiger partial charge in [0.15, 0.2) is 0 Å². The Morgan fingerprint density at radius 1 is 0.257 bits per heavy atom. The molecule has 0 aliphatic rings. The van der Waals surface area contributed by atoms with Crippen molar-refractivity contribution in [1.82, 2.24) is 0 Å². The van der Waals surface area contributed by atoms with Crippen LogP contribution in [-0.2, 0) is 0 Å². The van der Waals surface area contributed by atoms with Crippen LogP contribution in [0.2, 0.25) is 0 Å². The van der Waals surface area contributed by atoms with E-state index in [1.54, 1.807) is 0 Å². The van der Waals surface area contributed by atoms with E-state index in [-0.39, 0.29) is 0 Å². The summed E-state index contributed by atoms with van der Waals surface area (Å²) in [5.74, 6) is 0. The maximum atomic E-state index is 6.75. The van der Waals surface area contributed by atoms with Crippen LogP contribution in [0.4, 0.5) is 34.1 Å². The fourth-order valence-electron chi connectivity index (χ4n) is 11.1. The lowest BCUT2D eigenvalue weighted by Gasteiger charge is -2.27. The largest absolute Gasteiger partial charge is 0.456 e. The number of para-hydroxylation sites is 4. The maximum absolute atomic E-state index is 6.75. The van der Waals surface area contributed by atoms with Crippen LogP contribution in [0.3, 0.4) is 0 Å². The van der Waals surface area contributed by atoms with E-state index in [0.29, 0.717) is 0 Å². The number of nitrogens with zero attached hydrogens (tertiary/aromatic N) is 2. The van der Waals surface area contributed by atoms with Gasteiger partial charge in [0.05, 0.1) is 0 Å². The summed E-state index contributed by atoms with van der Waals surface area (Å²) in [6, 6.07) is 73.0. The van der Waals surface area contributed by atoms with Gasteiger partial charge in [0.2, 0.25) is 0 Å². The zero-order valence-corrected chi connectivity index (χ0v) is 38.2. The summed E-state index contributed by atoms with van der Waals surface area (Å²) >= 11 is 0. The molecule has 0 spiro atoms. The molecule has 0 unspecified atom stereocenters. The molecule has 0 radical (unpaired) electrons. The van der Waals surface area contributed by atoms with Gasteiger partial charge >= 0.3 is 0 Å². The molecular formula is C64H40N2O4. The molecule has 4 aromatic heterocycles. The quantitative estimate of drug-likeness (QED) is 0.166. The first kappa shape index (κ1) is 38.8. The smallest absolute Gasteiger partial charge is 0.136 e.